The van der Waals surface area contributed by atoms with Crippen LogP contribution in [0, 0.1) is 5.92 Å². The number of benzene rings is 1. The SMILES string of the molecule is CCCCNC(=NCC(=O)N(C)C)N1CCC(COCc2ccccc2)C1.I. The van der Waals surface area contributed by atoms with Gasteiger partial charge in [0.1, 0.15) is 6.54 Å². The van der Waals surface area contributed by atoms with E-state index in [2.05, 4.69) is 34.3 Å². The Balaban J connectivity index is 0.00000392. The Morgan fingerprint density at radius 2 is 2.07 bits per heavy atom. The first-order chi connectivity index (χ1) is 13.1. The van der Waals surface area contributed by atoms with Crippen LogP contribution in [0.15, 0.2) is 35.3 Å². The summed E-state index contributed by atoms with van der Waals surface area (Å²) in [7, 11) is 3.52. The van der Waals surface area contributed by atoms with E-state index in [0.717, 1.165) is 51.5 Å². The lowest BCUT2D eigenvalue weighted by molar-refractivity contribution is -0.127. The van der Waals surface area contributed by atoms with Gasteiger partial charge in [-0.15, -0.1) is 24.0 Å². The first kappa shape index (κ1) is 24.7. The lowest BCUT2D eigenvalue weighted by Crippen LogP contribution is -2.41. The largest absolute Gasteiger partial charge is 0.376 e. The van der Waals surface area contributed by atoms with E-state index in [-0.39, 0.29) is 36.4 Å². The summed E-state index contributed by atoms with van der Waals surface area (Å²) in [4.78, 5) is 20.3. The van der Waals surface area contributed by atoms with E-state index in [1.54, 1.807) is 19.0 Å². The molecule has 7 heteroatoms. The Bertz CT molecular complexity index is 595. The summed E-state index contributed by atoms with van der Waals surface area (Å²) in [6.07, 6.45) is 3.32. The zero-order valence-corrected chi connectivity index (χ0v) is 19.7. The molecule has 28 heavy (non-hydrogen) atoms. The molecule has 1 saturated heterocycles. The number of nitrogens with zero attached hydrogens (tertiary/aromatic N) is 3. The van der Waals surface area contributed by atoms with Gasteiger partial charge in [-0.1, -0.05) is 43.7 Å². The lowest BCUT2D eigenvalue weighted by Gasteiger charge is -2.22. The van der Waals surface area contributed by atoms with Crippen LogP contribution in [0.2, 0.25) is 0 Å². The fourth-order valence-electron chi connectivity index (χ4n) is 3.01. The zero-order chi connectivity index (χ0) is 19.5. The van der Waals surface area contributed by atoms with Crippen molar-refractivity contribution >= 4 is 35.8 Å². The molecule has 1 aliphatic rings. The molecule has 2 rings (SSSR count). The number of nitrogens with one attached hydrogen (secondary N) is 1. The van der Waals surface area contributed by atoms with Crippen LogP contribution in [-0.2, 0) is 16.1 Å². The Morgan fingerprint density at radius 1 is 1.32 bits per heavy atom. The van der Waals surface area contributed by atoms with Crippen molar-refractivity contribution in [1.82, 2.24) is 15.1 Å². The van der Waals surface area contributed by atoms with Gasteiger partial charge in [0.25, 0.3) is 0 Å². The normalized spacial score (nSPS) is 16.6. The number of amides is 1. The summed E-state index contributed by atoms with van der Waals surface area (Å²) in [6.45, 7) is 6.53. The molecule has 1 aromatic rings. The number of carbonyl (C=O) groups is 1. The fraction of sp³-hybridized carbons (Fsp3) is 0.619. The van der Waals surface area contributed by atoms with E-state index >= 15 is 0 Å². The molecule has 0 radical (unpaired) electrons. The first-order valence-electron chi connectivity index (χ1n) is 9.95. The molecule has 0 aliphatic carbocycles. The van der Waals surface area contributed by atoms with Gasteiger partial charge in [-0.2, -0.15) is 0 Å². The van der Waals surface area contributed by atoms with Gasteiger partial charge in [0.2, 0.25) is 5.91 Å². The quantitative estimate of drug-likeness (QED) is 0.244. The number of hydrogen-bond donors (Lipinski definition) is 1. The summed E-state index contributed by atoms with van der Waals surface area (Å²) in [6, 6.07) is 10.3. The third-order valence-electron chi connectivity index (χ3n) is 4.73. The average molecular weight is 502 g/mol. The Hall–Kier alpha value is -1.35. The van der Waals surface area contributed by atoms with Gasteiger partial charge in [-0.05, 0) is 18.4 Å². The van der Waals surface area contributed by atoms with Crippen molar-refractivity contribution < 1.29 is 9.53 Å². The maximum Gasteiger partial charge on any atom is 0.243 e. The van der Waals surface area contributed by atoms with Gasteiger partial charge >= 0.3 is 0 Å². The molecule has 1 fully saturated rings. The van der Waals surface area contributed by atoms with Crippen LogP contribution in [0.3, 0.4) is 0 Å². The van der Waals surface area contributed by atoms with Gasteiger partial charge in [0, 0.05) is 39.6 Å². The van der Waals surface area contributed by atoms with Crippen molar-refractivity contribution in [3.8, 4) is 0 Å². The summed E-state index contributed by atoms with van der Waals surface area (Å²) in [5, 5.41) is 3.42. The van der Waals surface area contributed by atoms with Crippen LogP contribution >= 0.6 is 24.0 Å². The number of unbranched alkanes of at least 4 members (excludes halogenated alkanes) is 1. The van der Waals surface area contributed by atoms with Crippen molar-refractivity contribution in [2.45, 2.75) is 32.8 Å². The topological polar surface area (TPSA) is 57.2 Å². The third kappa shape index (κ3) is 8.77. The third-order valence-corrected chi connectivity index (χ3v) is 4.73. The molecule has 6 nitrogen and oxygen atoms in total. The first-order valence-corrected chi connectivity index (χ1v) is 9.95. The maximum absolute atomic E-state index is 11.9. The van der Waals surface area contributed by atoms with Gasteiger partial charge in [0.05, 0.1) is 13.2 Å². The Kier molecular flexibility index (Phi) is 12.1. The molecule has 1 amide bonds. The number of carbonyl (C=O) groups excluding carboxylic acids is 1. The summed E-state index contributed by atoms with van der Waals surface area (Å²) in [5.41, 5.74) is 1.21. The van der Waals surface area contributed by atoms with Crippen molar-refractivity contribution in [3.05, 3.63) is 35.9 Å². The molecule has 1 aliphatic heterocycles. The Labute approximate surface area is 186 Å². The van der Waals surface area contributed by atoms with Crippen LogP contribution in [0.5, 0.6) is 0 Å². The zero-order valence-electron chi connectivity index (χ0n) is 17.4. The van der Waals surface area contributed by atoms with E-state index in [1.165, 1.54) is 5.56 Å². The second-order valence-corrected chi connectivity index (χ2v) is 7.31. The monoisotopic (exact) mass is 502 g/mol. The summed E-state index contributed by atoms with van der Waals surface area (Å²) >= 11 is 0. The van der Waals surface area contributed by atoms with E-state index in [0.29, 0.717) is 12.5 Å². The summed E-state index contributed by atoms with van der Waals surface area (Å²) in [5.74, 6) is 1.37. The van der Waals surface area contributed by atoms with Gasteiger partial charge < -0.3 is 19.9 Å². The van der Waals surface area contributed by atoms with Crippen LogP contribution in [-0.4, -0.2) is 68.5 Å². The number of aliphatic imine (C=N–C) groups is 1. The highest BCUT2D eigenvalue weighted by atomic mass is 127. The standard InChI is InChI=1S/C21H34N4O2.HI/c1-4-5-12-22-21(23-14-20(26)24(2)3)25-13-11-19(15-25)17-27-16-18-9-7-6-8-10-18;/h6-10,19H,4-5,11-17H2,1-3H3,(H,22,23);1H. The summed E-state index contributed by atoms with van der Waals surface area (Å²) < 4.78 is 5.91. The number of ether oxygens (including phenoxy) is 1. The lowest BCUT2D eigenvalue weighted by atomic mass is 10.1. The van der Waals surface area contributed by atoms with Crippen molar-refractivity contribution in [3.63, 3.8) is 0 Å². The smallest absolute Gasteiger partial charge is 0.243 e. The molecule has 0 bridgehead atoms. The number of likely N-dealkylation sites (N-methyl/N-ethyl adjacent to an activating group) is 1. The highest BCUT2D eigenvalue weighted by Crippen LogP contribution is 2.17. The molecular formula is C21H35IN4O2. The molecule has 1 atom stereocenters. The highest BCUT2D eigenvalue weighted by Gasteiger charge is 2.25. The molecule has 0 saturated carbocycles. The molecular weight excluding hydrogens is 467 g/mol. The molecule has 158 valence electrons. The molecule has 0 aromatic heterocycles. The number of likely N-dealkylation sites (tertiary alicyclic amines) is 1. The van der Waals surface area contributed by atoms with Crippen molar-refractivity contribution in [1.29, 1.82) is 0 Å². The average Bonchev–Trinajstić information content (AvgIpc) is 3.13. The molecule has 1 unspecified atom stereocenters. The molecule has 0 spiro atoms. The van der Waals surface area contributed by atoms with Crippen molar-refractivity contribution in [2.24, 2.45) is 10.9 Å². The minimum atomic E-state index is 0. The van der Waals surface area contributed by atoms with E-state index in [1.807, 2.05) is 18.2 Å². The van der Waals surface area contributed by atoms with Gasteiger partial charge in [0.15, 0.2) is 5.96 Å². The number of hydrogen-bond acceptors (Lipinski definition) is 3. The number of rotatable bonds is 9. The predicted octanol–water partition coefficient (Wildman–Crippen LogP) is 2.98. The second kappa shape index (κ2) is 13.8. The molecule has 1 N–H and O–H groups in total. The van der Waals surface area contributed by atoms with E-state index in [9.17, 15) is 4.79 Å². The maximum atomic E-state index is 11.9. The van der Waals surface area contributed by atoms with Crippen LogP contribution in [0.25, 0.3) is 0 Å². The van der Waals surface area contributed by atoms with Gasteiger partial charge in [-0.3, -0.25) is 4.79 Å². The van der Waals surface area contributed by atoms with Crippen LogP contribution in [0.1, 0.15) is 31.7 Å². The van der Waals surface area contributed by atoms with Crippen LogP contribution < -0.4 is 5.32 Å². The minimum Gasteiger partial charge on any atom is -0.376 e. The molecule has 1 aromatic carbocycles. The van der Waals surface area contributed by atoms with Crippen LogP contribution in [0.4, 0.5) is 0 Å². The highest BCUT2D eigenvalue weighted by molar-refractivity contribution is 14.0. The van der Waals surface area contributed by atoms with E-state index in [4.69, 9.17) is 4.74 Å². The van der Waals surface area contributed by atoms with Gasteiger partial charge in [-0.25, -0.2) is 4.99 Å². The second-order valence-electron chi connectivity index (χ2n) is 7.31. The Morgan fingerprint density at radius 3 is 2.75 bits per heavy atom. The minimum absolute atomic E-state index is 0. The molecule has 1 heterocycles. The van der Waals surface area contributed by atoms with Crippen molar-refractivity contribution in [2.75, 3.05) is 46.9 Å². The predicted molar refractivity (Wildman–Crippen MR) is 125 cm³/mol. The van der Waals surface area contributed by atoms with E-state index < -0.39 is 0 Å². The number of halogens is 1. The fourth-order valence-corrected chi connectivity index (χ4v) is 3.01. The number of guanidine groups is 1.